The standard InChI is InChI=1S/C28H26N4O2S2/c1-4-32(22-10-6-5-7-11-22)36(33,34)25-13-9-8-12-24(25)31-27-26-23(17-35-28(26)30-18-29-27)21-15-14-19(2)20(3)16-21/h5-18H,4H2,1-3H3,(H,29,30,31). The molecule has 0 bridgehead atoms. The molecule has 6 nitrogen and oxygen atoms in total. The Hall–Kier alpha value is -3.75. The predicted octanol–water partition coefficient (Wildman–Crippen LogP) is 6.93. The first-order valence-electron chi connectivity index (χ1n) is 11.6. The Balaban J connectivity index is 1.60. The molecule has 36 heavy (non-hydrogen) atoms. The number of nitrogens with zero attached hydrogens (tertiary/aromatic N) is 3. The summed E-state index contributed by atoms with van der Waals surface area (Å²) >= 11 is 1.54. The van der Waals surface area contributed by atoms with Crippen LogP contribution in [0.2, 0.25) is 0 Å². The molecule has 0 unspecified atom stereocenters. The molecule has 0 atom stereocenters. The summed E-state index contributed by atoms with van der Waals surface area (Å²) in [5.74, 6) is 0.569. The van der Waals surface area contributed by atoms with Gasteiger partial charge in [-0.3, -0.25) is 4.31 Å². The summed E-state index contributed by atoms with van der Waals surface area (Å²) in [4.78, 5) is 10.0. The topological polar surface area (TPSA) is 75.2 Å². The van der Waals surface area contributed by atoms with Crippen LogP contribution in [0.3, 0.4) is 0 Å². The van der Waals surface area contributed by atoms with Gasteiger partial charge in [-0.2, -0.15) is 0 Å². The number of anilines is 3. The summed E-state index contributed by atoms with van der Waals surface area (Å²) in [5, 5.41) is 6.27. The van der Waals surface area contributed by atoms with Crippen LogP contribution in [0.15, 0.2) is 89.4 Å². The summed E-state index contributed by atoms with van der Waals surface area (Å²) in [6, 6.07) is 22.4. The first-order chi connectivity index (χ1) is 17.4. The van der Waals surface area contributed by atoms with Crippen molar-refractivity contribution < 1.29 is 8.42 Å². The van der Waals surface area contributed by atoms with Gasteiger partial charge in [0.1, 0.15) is 21.9 Å². The van der Waals surface area contributed by atoms with Crippen LogP contribution in [-0.2, 0) is 10.0 Å². The van der Waals surface area contributed by atoms with Gasteiger partial charge in [0, 0.05) is 17.5 Å². The van der Waals surface area contributed by atoms with Gasteiger partial charge in [0.25, 0.3) is 10.0 Å². The summed E-state index contributed by atoms with van der Waals surface area (Å²) in [6.45, 7) is 6.32. The molecule has 2 heterocycles. The molecule has 182 valence electrons. The Bertz CT molecular complexity index is 1650. The highest BCUT2D eigenvalue weighted by molar-refractivity contribution is 7.93. The first-order valence-corrected chi connectivity index (χ1v) is 14.0. The van der Waals surface area contributed by atoms with Crippen molar-refractivity contribution in [3.63, 3.8) is 0 Å². The van der Waals surface area contributed by atoms with Crippen molar-refractivity contribution in [2.24, 2.45) is 0 Å². The number of benzene rings is 3. The van der Waals surface area contributed by atoms with Crippen LogP contribution < -0.4 is 9.62 Å². The predicted molar refractivity (Wildman–Crippen MR) is 149 cm³/mol. The van der Waals surface area contributed by atoms with Gasteiger partial charge < -0.3 is 5.32 Å². The molecule has 2 aromatic heterocycles. The second-order valence-electron chi connectivity index (χ2n) is 8.48. The fourth-order valence-electron chi connectivity index (χ4n) is 4.22. The molecule has 5 rings (SSSR count). The molecule has 0 fully saturated rings. The lowest BCUT2D eigenvalue weighted by atomic mass is 10.0. The molecule has 0 aliphatic carbocycles. The van der Waals surface area contributed by atoms with Crippen LogP contribution in [0.5, 0.6) is 0 Å². The average molecular weight is 515 g/mol. The van der Waals surface area contributed by atoms with E-state index < -0.39 is 10.0 Å². The Kier molecular flexibility index (Phi) is 6.47. The molecular formula is C28H26N4O2S2. The van der Waals surface area contributed by atoms with E-state index in [2.05, 4.69) is 52.7 Å². The smallest absolute Gasteiger partial charge is 0.266 e. The number of thiophene rings is 1. The van der Waals surface area contributed by atoms with Crippen LogP contribution in [0.25, 0.3) is 21.3 Å². The maximum atomic E-state index is 13.8. The van der Waals surface area contributed by atoms with Crippen molar-refractivity contribution in [3.05, 3.63) is 95.6 Å². The van der Waals surface area contributed by atoms with Gasteiger partial charge in [0.15, 0.2) is 0 Å². The molecule has 0 saturated carbocycles. The minimum Gasteiger partial charge on any atom is -0.338 e. The Labute approximate surface area is 215 Å². The Morgan fingerprint density at radius 2 is 1.67 bits per heavy atom. The number of aromatic nitrogens is 2. The van der Waals surface area contributed by atoms with Crippen molar-refractivity contribution in [2.75, 3.05) is 16.2 Å². The third-order valence-corrected chi connectivity index (χ3v) is 9.08. The van der Waals surface area contributed by atoms with Crippen LogP contribution >= 0.6 is 11.3 Å². The van der Waals surface area contributed by atoms with E-state index in [9.17, 15) is 8.42 Å². The van der Waals surface area contributed by atoms with Gasteiger partial charge >= 0.3 is 0 Å². The molecule has 0 radical (unpaired) electrons. The third-order valence-electron chi connectivity index (χ3n) is 6.23. The van der Waals surface area contributed by atoms with E-state index in [1.807, 2.05) is 31.2 Å². The summed E-state index contributed by atoms with van der Waals surface area (Å²) in [6.07, 6.45) is 1.50. The molecule has 0 spiro atoms. The van der Waals surface area contributed by atoms with Gasteiger partial charge in [0.05, 0.1) is 16.8 Å². The molecule has 8 heteroatoms. The maximum absolute atomic E-state index is 13.8. The van der Waals surface area contributed by atoms with Crippen LogP contribution in [0, 0.1) is 13.8 Å². The second-order valence-corrected chi connectivity index (χ2v) is 11.2. The van der Waals surface area contributed by atoms with Crippen LogP contribution in [0.4, 0.5) is 17.2 Å². The lowest BCUT2D eigenvalue weighted by molar-refractivity contribution is 0.592. The molecule has 0 aliphatic heterocycles. The zero-order valence-electron chi connectivity index (χ0n) is 20.3. The average Bonchev–Trinajstić information content (AvgIpc) is 3.32. The zero-order valence-corrected chi connectivity index (χ0v) is 21.9. The van der Waals surface area contributed by atoms with E-state index in [0.29, 0.717) is 23.7 Å². The number of hydrogen-bond acceptors (Lipinski definition) is 6. The van der Waals surface area contributed by atoms with E-state index in [1.54, 1.807) is 41.7 Å². The van der Waals surface area contributed by atoms with Crippen LogP contribution in [0.1, 0.15) is 18.1 Å². The van der Waals surface area contributed by atoms with Gasteiger partial charge in [-0.05, 0) is 61.7 Å². The maximum Gasteiger partial charge on any atom is 0.266 e. The van der Waals surface area contributed by atoms with E-state index in [4.69, 9.17) is 0 Å². The normalized spacial score (nSPS) is 11.5. The molecular weight excluding hydrogens is 488 g/mol. The van der Waals surface area contributed by atoms with Crippen molar-refractivity contribution in [3.8, 4) is 11.1 Å². The molecule has 1 N–H and O–H groups in total. The van der Waals surface area contributed by atoms with Gasteiger partial charge in [0.2, 0.25) is 0 Å². The number of rotatable bonds is 7. The molecule has 0 aliphatic rings. The highest BCUT2D eigenvalue weighted by atomic mass is 32.2. The van der Waals surface area contributed by atoms with Crippen LogP contribution in [-0.4, -0.2) is 24.9 Å². The first kappa shape index (κ1) is 24.0. The number of sulfonamides is 1. The second kappa shape index (κ2) is 9.72. The van der Waals surface area contributed by atoms with Crippen molar-refractivity contribution in [1.82, 2.24) is 9.97 Å². The van der Waals surface area contributed by atoms with E-state index in [1.165, 1.54) is 21.8 Å². The van der Waals surface area contributed by atoms with E-state index in [-0.39, 0.29) is 4.90 Å². The minimum atomic E-state index is -3.84. The van der Waals surface area contributed by atoms with Crippen molar-refractivity contribution >= 4 is 48.8 Å². The highest BCUT2D eigenvalue weighted by Crippen LogP contribution is 2.39. The molecule has 3 aromatic carbocycles. The quantitative estimate of drug-likeness (QED) is 0.255. The molecule has 5 aromatic rings. The van der Waals surface area contributed by atoms with E-state index in [0.717, 1.165) is 21.3 Å². The summed E-state index contributed by atoms with van der Waals surface area (Å²) in [7, 11) is -3.84. The van der Waals surface area contributed by atoms with Crippen molar-refractivity contribution in [2.45, 2.75) is 25.7 Å². The number of aryl methyl sites for hydroxylation is 2. The number of hydrogen-bond donors (Lipinski definition) is 1. The molecule has 0 amide bonds. The minimum absolute atomic E-state index is 0.186. The van der Waals surface area contributed by atoms with Gasteiger partial charge in [-0.1, -0.05) is 48.5 Å². The van der Waals surface area contributed by atoms with Gasteiger partial charge in [-0.25, -0.2) is 18.4 Å². The number of fused-ring (bicyclic) bond motifs is 1. The number of para-hydroxylation sites is 2. The summed E-state index contributed by atoms with van der Waals surface area (Å²) < 4.78 is 29.0. The van der Waals surface area contributed by atoms with E-state index >= 15 is 0 Å². The van der Waals surface area contributed by atoms with Gasteiger partial charge in [-0.15, -0.1) is 11.3 Å². The lowest BCUT2D eigenvalue weighted by Gasteiger charge is -2.24. The highest BCUT2D eigenvalue weighted by Gasteiger charge is 2.27. The van der Waals surface area contributed by atoms with Crippen molar-refractivity contribution in [1.29, 1.82) is 0 Å². The zero-order chi connectivity index (χ0) is 25.3. The fraction of sp³-hybridized carbons (Fsp3) is 0.143. The fourth-order valence-corrected chi connectivity index (χ4v) is 6.76. The number of nitrogens with one attached hydrogen (secondary N) is 1. The SMILES string of the molecule is CCN(c1ccccc1)S(=O)(=O)c1ccccc1Nc1ncnc2scc(-c3ccc(C)c(C)c3)c12. The monoisotopic (exact) mass is 514 g/mol. The lowest BCUT2D eigenvalue weighted by Crippen LogP contribution is -2.31. The molecule has 0 saturated heterocycles. The summed E-state index contributed by atoms with van der Waals surface area (Å²) in [5.41, 5.74) is 5.60. The Morgan fingerprint density at radius 1 is 0.917 bits per heavy atom. The largest absolute Gasteiger partial charge is 0.338 e. The Morgan fingerprint density at radius 3 is 2.42 bits per heavy atom. The third kappa shape index (κ3) is 4.34.